The second kappa shape index (κ2) is 5.98. The van der Waals surface area contributed by atoms with Crippen LogP contribution in [-0.2, 0) is 6.54 Å². The third-order valence-corrected chi connectivity index (χ3v) is 3.44. The number of imidazole rings is 1. The van der Waals surface area contributed by atoms with E-state index in [9.17, 15) is 4.39 Å². The number of hydrogen-bond donors (Lipinski definition) is 2. The van der Waals surface area contributed by atoms with Crippen LogP contribution in [0.15, 0.2) is 43.2 Å². The number of nitrogens with two attached hydrogens (primary N) is 1. The minimum Gasteiger partial charge on any atom is -0.382 e. The summed E-state index contributed by atoms with van der Waals surface area (Å²) < 4.78 is 15.7. The molecule has 6 nitrogen and oxygen atoms in total. The van der Waals surface area contributed by atoms with Crippen LogP contribution in [0.3, 0.4) is 0 Å². The number of nitrogens with one attached hydrogen (secondary N) is 1. The SMILES string of the molecule is Nc1ncnc(NCc2ccc(-n3ccnc3)c(F)c2)c1Cl. The molecule has 0 aliphatic carbocycles. The Balaban J connectivity index is 1.76. The highest BCUT2D eigenvalue weighted by Crippen LogP contribution is 2.24. The van der Waals surface area contributed by atoms with Gasteiger partial charge in [-0.25, -0.2) is 19.3 Å². The van der Waals surface area contributed by atoms with E-state index in [0.29, 0.717) is 18.1 Å². The van der Waals surface area contributed by atoms with Crippen LogP contribution in [-0.4, -0.2) is 19.5 Å². The minimum absolute atomic E-state index is 0.195. The summed E-state index contributed by atoms with van der Waals surface area (Å²) in [6.07, 6.45) is 6.13. The fourth-order valence-electron chi connectivity index (χ4n) is 1.96. The van der Waals surface area contributed by atoms with Gasteiger partial charge < -0.3 is 15.6 Å². The highest BCUT2D eigenvalue weighted by atomic mass is 35.5. The van der Waals surface area contributed by atoms with Crippen LogP contribution in [0, 0.1) is 5.82 Å². The Bertz CT molecular complexity index is 790. The van der Waals surface area contributed by atoms with E-state index in [2.05, 4.69) is 20.3 Å². The normalized spacial score (nSPS) is 10.6. The first-order valence-corrected chi connectivity index (χ1v) is 6.79. The molecule has 0 bridgehead atoms. The first kappa shape index (κ1) is 14.3. The lowest BCUT2D eigenvalue weighted by Crippen LogP contribution is -2.05. The zero-order valence-electron chi connectivity index (χ0n) is 11.4. The Morgan fingerprint density at radius 3 is 2.91 bits per heavy atom. The maximum Gasteiger partial charge on any atom is 0.150 e. The summed E-state index contributed by atoms with van der Waals surface area (Å²) in [6, 6.07) is 4.94. The predicted molar refractivity (Wildman–Crippen MR) is 82.3 cm³/mol. The summed E-state index contributed by atoms with van der Waals surface area (Å²) >= 11 is 5.99. The molecule has 112 valence electrons. The summed E-state index contributed by atoms with van der Waals surface area (Å²) in [6.45, 7) is 0.358. The molecule has 0 saturated heterocycles. The van der Waals surface area contributed by atoms with Crippen molar-refractivity contribution >= 4 is 23.2 Å². The van der Waals surface area contributed by atoms with Gasteiger partial charge in [-0.1, -0.05) is 17.7 Å². The zero-order chi connectivity index (χ0) is 15.5. The topological polar surface area (TPSA) is 81.6 Å². The molecule has 0 unspecified atom stereocenters. The maximum atomic E-state index is 14.1. The van der Waals surface area contributed by atoms with Crippen molar-refractivity contribution in [3.63, 3.8) is 0 Å². The summed E-state index contributed by atoms with van der Waals surface area (Å²) in [5.74, 6) is 0.264. The highest BCUT2D eigenvalue weighted by Gasteiger charge is 2.08. The van der Waals surface area contributed by atoms with Gasteiger partial charge in [-0.05, 0) is 17.7 Å². The molecule has 1 aromatic carbocycles. The molecule has 0 amide bonds. The molecule has 2 aromatic heterocycles. The van der Waals surface area contributed by atoms with Gasteiger partial charge in [-0.3, -0.25) is 0 Å². The van der Waals surface area contributed by atoms with E-state index in [1.54, 1.807) is 29.4 Å². The molecule has 0 aliphatic rings. The van der Waals surface area contributed by atoms with Gasteiger partial charge in [0.1, 0.15) is 23.0 Å². The average Bonchev–Trinajstić information content (AvgIpc) is 3.03. The van der Waals surface area contributed by atoms with E-state index in [1.165, 1.54) is 12.4 Å². The number of hydrogen-bond acceptors (Lipinski definition) is 5. The van der Waals surface area contributed by atoms with Crippen molar-refractivity contribution in [3.05, 3.63) is 59.7 Å². The third kappa shape index (κ3) is 2.84. The van der Waals surface area contributed by atoms with Crippen molar-refractivity contribution < 1.29 is 4.39 Å². The van der Waals surface area contributed by atoms with Gasteiger partial charge in [0.05, 0.1) is 12.0 Å². The van der Waals surface area contributed by atoms with E-state index in [-0.39, 0.29) is 16.7 Å². The van der Waals surface area contributed by atoms with E-state index in [0.717, 1.165) is 5.56 Å². The number of anilines is 2. The van der Waals surface area contributed by atoms with Crippen molar-refractivity contribution in [1.82, 2.24) is 19.5 Å². The second-order valence-corrected chi connectivity index (χ2v) is 4.91. The Kier molecular flexibility index (Phi) is 3.88. The molecular formula is C14H12ClFN6. The molecule has 0 spiro atoms. The molecule has 22 heavy (non-hydrogen) atoms. The van der Waals surface area contributed by atoms with Gasteiger partial charge in [-0.15, -0.1) is 0 Å². The van der Waals surface area contributed by atoms with Crippen LogP contribution < -0.4 is 11.1 Å². The van der Waals surface area contributed by atoms with Gasteiger partial charge >= 0.3 is 0 Å². The quantitative estimate of drug-likeness (QED) is 0.773. The standard InChI is InChI=1S/C14H12ClFN6/c15-12-13(17)20-7-21-14(12)19-6-9-1-2-11(10(16)5-9)22-4-3-18-8-22/h1-5,7-8H,6H2,(H3,17,19,20,21). The van der Waals surface area contributed by atoms with Gasteiger partial charge in [0.15, 0.2) is 5.82 Å². The molecule has 0 saturated carbocycles. The van der Waals surface area contributed by atoms with Crippen molar-refractivity contribution in [2.75, 3.05) is 11.1 Å². The number of aromatic nitrogens is 4. The molecule has 0 fully saturated rings. The van der Waals surface area contributed by atoms with Gasteiger partial charge in [0.25, 0.3) is 0 Å². The summed E-state index contributed by atoms with van der Waals surface area (Å²) in [4.78, 5) is 11.7. The van der Waals surface area contributed by atoms with Crippen molar-refractivity contribution in [2.45, 2.75) is 6.54 Å². The average molecular weight is 319 g/mol. The summed E-state index contributed by atoms with van der Waals surface area (Å²) in [7, 11) is 0. The lowest BCUT2D eigenvalue weighted by molar-refractivity contribution is 0.616. The van der Waals surface area contributed by atoms with Gasteiger partial charge in [-0.2, -0.15) is 0 Å². The molecule has 3 N–H and O–H groups in total. The van der Waals surface area contributed by atoms with E-state index < -0.39 is 0 Å². The molecule has 3 rings (SSSR count). The molecule has 2 heterocycles. The largest absolute Gasteiger partial charge is 0.382 e. The van der Waals surface area contributed by atoms with Crippen LogP contribution in [0.4, 0.5) is 16.0 Å². The lowest BCUT2D eigenvalue weighted by atomic mass is 10.2. The minimum atomic E-state index is -0.342. The summed E-state index contributed by atoms with van der Waals surface area (Å²) in [5, 5.41) is 3.25. The Morgan fingerprint density at radius 2 is 2.18 bits per heavy atom. The van der Waals surface area contributed by atoms with Crippen LogP contribution in [0.5, 0.6) is 0 Å². The fourth-order valence-corrected chi connectivity index (χ4v) is 2.13. The van der Waals surface area contributed by atoms with Gasteiger partial charge in [0, 0.05) is 18.9 Å². The molecule has 8 heteroatoms. The van der Waals surface area contributed by atoms with Crippen LogP contribution >= 0.6 is 11.6 Å². The first-order valence-electron chi connectivity index (χ1n) is 6.42. The van der Waals surface area contributed by atoms with Crippen molar-refractivity contribution in [1.29, 1.82) is 0 Å². The Labute approximate surface area is 130 Å². The smallest absolute Gasteiger partial charge is 0.150 e. The fraction of sp³-hybridized carbons (Fsp3) is 0.0714. The molecule has 0 aliphatic heterocycles. The van der Waals surface area contributed by atoms with Crippen LogP contribution in [0.25, 0.3) is 5.69 Å². The van der Waals surface area contributed by atoms with E-state index in [4.69, 9.17) is 17.3 Å². The number of nitrogen functional groups attached to an aromatic ring is 1. The zero-order valence-corrected chi connectivity index (χ0v) is 12.1. The number of benzene rings is 1. The van der Waals surface area contributed by atoms with Crippen LogP contribution in [0.2, 0.25) is 5.02 Å². The highest BCUT2D eigenvalue weighted by molar-refractivity contribution is 6.35. The van der Waals surface area contributed by atoms with Crippen molar-refractivity contribution in [3.8, 4) is 5.69 Å². The van der Waals surface area contributed by atoms with Crippen molar-refractivity contribution in [2.24, 2.45) is 0 Å². The lowest BCUT2D eigenvalue weighted by Gasteiger charge is -2.10. The summed E-state index contributed by atoms with van der Waals surface area (Å²) in [5.41, 5.74) is 6.78. The third-order valence-electron chi connectivity index (χ3n) is 3.07. The van der Waals surface area contributed by atoms with Gasteiger partial charge in [0.2, 0.25) is 0 Å². The molecular weight excluding hydrogens is 307 g/mol. The monoisotopic (exact) mass is 318 g/mol. The molecule has 3 aromatic rings. The number of rotatable bonds is 4. The van der Waals surface area contributed by atoms with Crippen LogP contribution in [0.1, 0.15) is 5.56 Å². The van der Waals surface area contributed by atoms with E-state index >= 15 is 0 Å². The maximum absolute atomic E-state index is 14.1. The Hall–Kier alpha value is -2.67. The molecule has 0 atom stereocenters. The number of halogens is 2. The van der Waals surface area contributed by atoms with E-state index in [1.807, 2.05) is 6.07 Å². The Morgan fingerprint density at radius 1 is 1.32 bits per heavy atom. The molecule has 0 radical (unpaired) electrons. The first-order chi connectivity index (χ1) is 10.6. The predicted octanol–water partition coefficient (Wildman–Crippen LogP) is 2.65. The second-order valence-electron chi connectivity index (χ2n) is 4.53. The number of nitrogens with zero attached hydrogens (tertiary/aromatic N) is 4.